The molecule has 0 radical (unpaired) electrons. The molecule has 0 aromatic heterocycles. The van der Waals surface area contributed by atoms with Crippen LogP contribution in [0, 0.1) is 0 Å². The van der Waals surface area contributed by atoms with Crippen molar-refractivity contribution in [2.24, 2.45) is 0 Å². The van der Waals surface area contributed by atoms with Crippen molar-refractivity contribution in [2.45, 2.75) is 12.3 Å². The van der Waals surface area contributed by atoms with E-state index >= 15 is 0 Å². The quantitative estimate of drug-likeness (QED) is 0.595. The third-order valence-corrected chi connectivity index (χ3v) is 1.35. The minimum Gasteiger partial charge on any atom is -0.339 e. The van der Waals surface area contributed by atoms with E-state index in [1.165, 1.54) is 0 Å². The van der Waals surface area contributed by atoms with Gasteiger partial charge in [-0.1, -0.05) is 0 Å². The van der Waals surface area contributed by atoms with Crippen LogP contribution in [-0.4, -0.2) is 30.3 Å². The summed E-state index contributed by atoms with van der Waals surface area (Å²) in [4.78, 5) is 11.0. The highest BCUT2D eigenvalue weighted by atomic mass is 35.5. The molecule has 6 heteroatoms. The van der Waals surface area contributed by atoms with Crippen LogP contribution in [0.5, 0.6) is 0 Å². The Bertz CT molecular complexity index is 134. The van der Waals surface area contributed by atoms with Gasteiger partial charge in [0.25, 0.3) is 5.92 Å². The molecule has 68 valence electrons. The van der Waals surface area contributed by atoms with Gasteiger partial charge in [0.2, 0.25) is 6.41 Å². The molecule has 0 spiro atoms. The zero-order valence-electron chi connectivity index (χ0n) is 5.63. The number of hydrogen-bond acceptors (Lipinski definition) is 1. The first-order chi connectivity index (χ1) is 4.14. The lowest BCUT2D eigenvalue weighted by Gasteiger charge is -2.07. The minimum absolute atomic E-state index is 0. The smallest absolute Gasteiger partial charge is 0.267 e. The second-order valence-corrected chi connectivity index (χ2v) is 2.18. The predicted molar refractivity (Wildman–Crippen MR) is 41.7 cm³/mol. The Morgan fingerprint density at radius 1 is 1.36 bits per heavy atom. The molecule has 0 unspecified atom stereocenters. The summed E-state index contributed by atoms with van der Waals surface area (Å²) in [5, 5.41) is 0. The second kappa shape index (κ2) is 4.72. The lowest BCUT2D eigenvalue weighted by atomic mass is 10.3. The third-order valence-electron chi connectivity index (χ3n) is 1.35. The van der Waals surface area contributed by atoms with Crippen molar-refractivity contribution in [1.29, 1.82) is 0 Å². The normalized spacial score (nSPS) is 20.0. The Hall–Kier alpha value is -0.0900. The number of alkyl halides is 2. The maximum Gasteiger partial charge on any atom is 0.267 e. The molecule has 0 atom stereocenters. The van der Waals surface area contributed by atoms with E-state index in [0.29, 0.717) is 6.41 Å². The van der Waals surface area contributed by atoms with E-state index < -0.39 is 12.5 Å². The van der Waals surface area contributed by atoms with Gasteiger partial charge >= 0.3 is 0 Å². The highest BCUT2D eigenvalue weighted by Crippen LogP contribution is 2.25. The first-order valence-corrected chi connectivity index (χ1v) is 2.71. The molecule has 0 aliphatic carbocycles. The number of hydrogen-bond donors (Lipinski definition) is 0. The monoisotopic (exact) mass is 207 g/mol. The summed E-state index contributed by atoms with van der Waals surface area (Å²) >= 11 is 0. The van der Waals surface area contributed by atoms with Crippen LogP contribution in [0.2, 0.25) is 0 Å². The van der Waals surface area contributed by atoms with Crippen molar-refractivity contribution in [3.63, 3.8) is 0 Å². The molecule has 2 nitrogen and oxygen atoms in total. The molecular formula is C5H9Cl2F2NO. The van der Waals surface area contributed by atoms with E-state index in [1.807, 2.05) is 0 Å². The molecule has 1 fully saturated rings. The first-order valence-electron chi connectivity index (χ1n) is 2.71. The van der Waals surface area contributed by atoms with Gasteiger partial charge in [-0.25, -0.2) is 8.78 Å². The van der Waals surface area contributed by atoms with Crippen molar-refractivity contribution >= 4 is 31.2 Å². The van der Waals surface area contributed by atoms with Crippen molar-refractivity contribution in [3.05, 3.63) is 0 Å². The van der Waals surface area contributed by atoms with E-state index in [9.17, 15) is 13.6 Å². The number of carbonyl (C=O) groups is 1. The Kier molecular flexibility index (Phi) is 5.79. The van der Waals surface area contributed by atoms with Crippen LogP contribution in [0.1, 0.15) is 6.42 Å². The zero-order chi connectivity index (χ0) is 6.91. The van der Waals surface area contributed by atoms with Crippen molar-refractivity contribution in [1.82, 2.24) is 4.90 Å². The van der Waals surface area contributed by atoms with Gasteiger partial charge in [-0.15, -0.1) is 24.8 Å². The van der Waals surface area contributed by atoms with Crippen LogP contribution in [0.4, 0.5) is 8.78 Å². The van der Waals surface area contributed by atoms with Crippen LogP contribution in [0.15, 0.2) is 0 Å². The molecule has 11 heavy (non-hydrogen) atoms. The van der Waals surface area contributed by atoms with E-state index in [-0.39, 0.29) is 37.8 Å². The SMILES string of the molecule is Cl.Cl.O=CN1CCC(F)(F)C1. The van der Waals surface area contributed by atoms with Gasteiger partial charge in [-0.3, -0.25) is 4.79 Å². The molecule has 1 saturated heterocycles. The van der Waals surface area contributed by atoms with Gasteiger partial charge in [0, 0.05) is 13.0 Å². The molecule has 1 aliphatic rings. The van der Waals surface area contributed by atoms with Gasteiger partial charge in [0.05, 0.1) is 6.54 Å². The number of likely N-dealkylation sites (tertiary alicyclic amines) is 1. The average molecular weight is 208 g/mol. The third kappa shape index (κ3) is 3.72. The molecule has 0 N–H and O–H groups in total. The lowest BCUT2D eigenvalue weighted by Crippen LogP contribution is -2.23. The summed E-state index contributed by atoms with van der Waals surface area (Å²) in [6.45, 7) is -0.215. The molecule has 1 amide bonds. The number of halogens is 4. The van der Waals surface area contributed by atoms with Gasteiger partial charge in [-0.2, -0.15) is 0 Å². The van der Waals surface area contributed by atoms with Crippen LogP contribution in [0.3, 0.4) is 0 Å². The van der Waals surface area contributed by atoms with Crippen LogP contribution >= 0.6 is 24.8 Å². The van der Waals surface area contributed by atoms with Crippen LogP contribution in [-0.2, 0) is 4.79 Å². The largest absolute Gasteiger partial charge is 0.339 e. The van der Waals surface area contributed by atoms with Crippen molar-refractivity contribution in [2.75, 3.05) is 13.1 Å². The Morgan fingerprint density at radius 2 is 1.91 bits per heavy atom. The van der Waals surface area contributed by atoms with Gasteiger partial charge in [-0.05, 0) is 0 Å². The standard InChI is InChI=1S/C5H7F2NO.2ClH/c6-5(7)1-2-8(3-5)4-9;;/h4H,1-3H2;2*1H. The summed E-state index contributed by atoms with van der Waals surface area (Å²) in [7, 11) is 0. The molecule has 0 bridgehead atoms. The molecule has 1 rings (SSSR count). The number of amides is 1. The molecule has 1 aliphatic heterocycles. The number of nitrogens with zero attached hydrogens (tertiary/aromatic N) is 1. The number of rotatable bonds is 1. The Labute approximate surface area is 75.8 Å². The van der Waals surface area contributed by atoms with Gasteiger partial charge < -0.3 is 4.90 Å². The first kappa shape index (κ1) is 13.5. The van der Waals surface area contributed by atoms with E-state index in [2.05, 4.69) is 0 Å². The maximum atomic E-state index is 12.2. The highest BCUT2D eigenvalue weighted by Gasteiger charge is 2.37. The summed E-state index contributed by atoms with van der Waals surface area (Å²) in [6.07, 6.45) is 0.270. The second-order valence-electron chi connectivity index (χ2n) is 2.18. The fourth-order valence-electron chi connectivity index (χ4n) is 0.852. The highest BCUT2D eigenvalue weighted by molar-refractivity contribution is 5.85. The molecule has 0 saturated carbocycles. The van der Waals surface area contributed by atoms with Gasteiger partial charge in [0.1, 0.15) is 0 Å². The van der Waals surface area contributed by atoms with Crippen LogP contribution in [0.25, 0.3) is 0 Å². The number of carbonyl (C=O) groups excluding carboxylic acids is 1. The van der Waals surface area contributed by atoms with E-state index in [1.54, 1.807) is 0 Å². The predicted octanol–water partition coefficient (Wildman–Crippen LogP) is 1.33. The summed E-state index contributed by atoms with van der Waals surface area (Å²) in [5.41, 5.74) is 0. The maximum absolute atomic E-state index is 12.2. The molecule has 0 aromatic carbocycles. The molecular weight excluding hydrogens is 199 g/mol. The van der Waals surface area contributed by atoms with Crippen LogP contribution < -0.4 is 0 Å². The fourth-order valence-corrected chi connectivity index (χ4v) is 0.852. The van der Waals surface area contributed by atoms with Gasteiger partial charge in [0.15, 0.2) is 0 Å². The summed E-state index contributed by atoms with van der Waals surface area (Å²) < 4.78 is 24.4. The minimum atomic E-state index is -2.64. The Balaban J connectivity index is 0. The Morgan fingerprint density at radius 3 is 2.09 bits per heavy atom. The van der Waals surface area contributed by atoms with E-state index in [0.717, 1.165) is 4.90 Å². The van der Waals surface area contributed by atoms with Crippen molar-refractivity contribution < 1.29 is 13.6 Å². The summed E-state index contributed by atoms with van der Waals surface area (Å²) in [5.74, 6) is -2.64. The zero-order valence-corrected chi connectivity index (χ0v) is 7.26. The topological polar surface area (TPSA) is 20.3 Å². The molecule has 1 heterocycles. The fraction of sp³-hybridized carbons (Fsp3) is 0.800. The van der Waals surface area contributed by atoms with E-state index in [4.69, 9.17) is 0 Å². The molecule has 0 aromatic rings. The lowest BCUT2D eigenvalue weighted by molar-refractivity contribution is -0.118. The summed E-state index contributed by atoms with van der Waals surface area (Å²) in [6, 6.07) is 0. The van der Waals surface area contributed by atoms with Crippen molar-refractivity contribution in [3.8, 4) is 0 Å². The average Bonchev–Trinajstić information content (AvgIpc) is 2.10.